The van der Waals surface area contributed by atoms with Crippen LogP contribution in [0.15, 0.2) is 24.7 Å². The molecular formula is C21H23ClN8O3. The Morgan fingerprint density at radius 2 is 2.03 bits per heavy atom. The number of urea groups is 1. The Hall–Kier alpha value is -3.59. The first-order valence-corrected chi connectivity index (χ1v) is 10.2. The fourth-order valence-corrected chi connectivity index (χ4v) is 3.22. The van der Waals surface area contributed by atoms with Crippen LogP contribution in [0.1, 0.15) is 49.4 Å². The van der Waals surface area contributed by atoms with E-state index in [-0.39, 0.29) is 10.8 Å². The molecule has 0 saturated carbocycles. The first kappa shape index (κ1) is 24.1. The summed E-state index contributed by atoms with van der Waals surface area (Å²) in [5.74, 6) is 0.232. The fraction of sp³-hybridized carbons (Fsp3) is 0.333. The quantitative estimate of drug-likeness (QED) is 0.495. The number of nitriles is 1. The van der Waals surface area contributed by atoms with Crippen LogP contribution in [0.25, 0.3) is 5.82 Å². The molecule has 11 nitrogen and oxygen atoms in total. The molecule has 0 bridgehead atoms. The first-order chi connectivity index (χ1) is 15.5. The summed E-state index contributed by atoms with van der Waals surface area (Å²) in [6.45, 7) is 6.66. The zero-order valence-corrected chi connectivity index (χ0v) is 19.5. The third-order valence-electron chi connectivity index (χ3n) is 4.82. The van der Waals surface area contributed by atoms with E-state index < -0.39 is 17.7 Å². The monoisotopic (exact) mass is 470 g/mol. The van der Waals surface area contributed by atoms with Crippen LogP contribution in [0.2, 0.25) is 5.02 Å². The molecule has 3 rings (SSSR count). The lowest BCUT2D eigenvalue weighted by Crippen LogP contribution is -2.22. The van der Waals surface area contributed by atoms with E-state index in [1.54, 1.807) is 27.7 Å². The van der Waals surface area contributed by atoms with Crippen LogP contribution < -0.4 is 10.6 Å². The topological polar surface area (TPSA) is 151 Å². The summed E-state index contributed by atoms with van der Waals surface area (Å²) in [7, 11) is 1.51. The Kier molecular flexibility index (Phi) is 6.92. The third-order valence-corrected chi connectivity index (χ3v) is 5.09. The summed E-state index contributed by atoms with van der Waals surface area (Å²) >= 11 is 6.31. The van der Waals surface area contributed by atoms with Gasteiger partial charge in [0.05, 0.1) is 52.3 Å². The van der Waals surface area contributed by atoms with Gasteiger partial charge in [-0.05, 0) is 33.8 Å². The van der Waals surface area contributed by atoms with Crippen LogP contribution in [0.4, 0.5) is 16.2 Å². The van der Waals surface area contributed by atoms with Crippen LogP contribution in [0.5, 0.6) is 0 Å². The molecule has 3 N–H and O–H groups in total. The molecule has 0 saturated heterocycles. The summed E-state index contributed by atoms with van der Waals surface area (Å²) in [6, 6.07) is 3.02. The van der Waals surface area contributed by atoms with E-state index >= 15 is 0 Å². The summed E-state index contributed by atoms with van der Waals surface area (Å²) < 4.78 is 5.36. The predicted octanol–water partition coefficient (Wildman–Crippen LogP) is 3.47. The van der Waals surface area contributed by atoms with E-state index in [0.717, 1.165) is 0 Å². The molecule has 2 amide bonds. The number of nitrogens with zero attached hydrogens (tertiary/aromatic N) is 6. The molecule has 3 heterocycles. The lowest BCUT2D eigenvalue weighted by atomic mass is 10.0. The van der Waals surface area contributed by atoms with Gasteiger partial charge in [0, 0.05) is 12.7 Å². The molecule has 3 aromatic heterocycles. The number of anilines is 2. The van der Waals surface area contributed by atoms with Crippen molar-refractivity contribution in [2.24, 2.45) is 0 Å². The minimum atomic E-state index is -1.17. The van der Waals surface area contributed by atoms with E-state index in [9.17, 15) is 15.2 Å². The van der Waals surface area contributed by atoms with Gasteiger partial charge in [0.25, 0.3) is 0 Å². The number of methoxy groups -OCH3 is 1. The van der Waals surface area contributed by atoms with Crippen molar-refractivity contribution in [3.8, 4) is 11.9 Å². The molecule has 0 aliphatic carbocycles. The van der Waals surface area contributed by atoms with Crippen molar-refractivity contribution in [1.82, 2.24) is 25.0 Å². The number of aromatic nitrogens is 5. The highest BCUT2D eigenvalue weighted by Crippen LogP contribution is 2.30. The summed E-state index contributed by atoms with van der Waals surface area (Å²) in [6.07, 6.45) is 3.84. The van der Waals surface area contributed by atoms with Crippen LogP contribution >= 0.6 is 11.6 Å². The maximum absolute atomic E-state index is 12.6. The minimum absolute atomic E-state index is 0.183. The van der Waals surface area contributed by atoms with Gasteiger partial charge in [-0.3, -0.25) is 4.98 Å². The number of ether oxygens (including phenoxy) is 1. The molecule has 0 spiro atoms. The molecule has 0 fully saturated rings. The standard InChI is InChI=1S/C21H23ClN8O3/c1-11-14(7-23)18(12(2)33-5)16(9-24-11)28-20(31)27-13-6-15(22)19(25-8-13)30-26-10-17(29-30)21(3,4)32/h6,8-10,12,32H,1-5H3,(H2,27,28,31)/t12-/m1/s1. The number of aryl methyl sites for hydroxylation is 1. The number of aliphatic hydroxyl groups is 1. The average Bonchev–Trinajstić information content (AvgIpc) is 3.24. The maximum Gasteiger partial charge on any atom is 0.323 e. The molecule has 3 aromatic rings. The van der Waals surface area contributed by atoms with Gasteiger partial charge in [-0.25, -0.2) is 9.78 Å². The fourth-order valence-electron chi connectivity index (χ4n) is 2.98. The second kappa shape index (κ2) is 9.50. The van der Waals surface area contributed by atoms with E-state index in [2.05, 4.69) is 36.9 Å². The van der Waals surface area contributed by atoms with Crippen molar-refractivity contribution in [2.45, 2.75) is 39.4 Å². The highest BCUT2D eigenvalue weighted by atomic mass is 35.5. The number of carbonyl (C=O) groups excluding carboxylic acids is 1. The van der Waals surface area contributed by atoms with Gasteiger partial charge in [0.15, 0.2) is 5.82 Å². The zero-order valence-electron chi connectivity index (χ0n) is 18.7. The second-order valence-corrected chi connectivity index (χ2v) is 8.13. The first-order valence-electron chi connectivity index (χ1n) is 9.86. The number of rotatable bonds is 6. The van der Waals surface area contributed by atoms with Crippen LogP contribution in [-0.2, 0) is 10.3 Å². The Balaban J connectivity index is 1.80. The van der Waals surface area contributed by atoms with Crippen molar-refractivity contribution in [3.05, 3.63) is 52.2 Å². The molecule has 1 atom stereocenters. The summed E-state index contributed by atoms with van der Waals surface area (Å²) in [5, 5.41) is 33.3. The number of hydrogen-bond donors (Lipinski definition) is 3. The predicted molar refractivity (Wildman–Crippen MR) is 121 cm³/mol. The highest BCUT2D eigenvalue weighted by Gasteiger charge is 2.22. The number of nitrogens with one attached hydrogen (secondary N) is 2. The van der Waals surface area contributed by atoms with E-state index in [4.69, 9.17) is 16.3 Å². The van der Waals surface area contributed by atoms with Crippen molar-refractivity contribution >= 4 is 29.0 Å². The molecule has 0 aromatic carbocycles. The molecular weight excluding hydrogens is 448 g/mol. The molecule has 12 heteroatoms. The zero-order chi connectivity index (χ0) is 24.3. The summed E-state index contributed by atoms with van der Waals surface area (Å²) in [4.78, 5) is 22.2. The number of amides is 2. The van der Waals surface area contributed by atoms with Gasteiger partial charge in [-0.15, -0.1) is 9.90 Å². The van der Waals surface area contributed by atoms with Gasteiger partial charge in [-0.1, -0.05) is 11.6 Å². The normalized spacial score (nSPS) is 12.2. The Labute approximate surface area is 195 Å². The lowest BCUT2D eigenvalue weighted by molar-refractivity contribution is 0.0734. The van der Waals surface area contributed by atoms with E-state index in [1.807, 2.05) is 0 Å². The largest absolute Gasteiger partial charge is 0.384 e. The third kappa shape index (κ3) is 5.25. The van der Waals surface area contributed by atoms with E-state index in [0.29, 0.717) is 33.9 Å². The van der Waals surface area contributed by atoms with E-state index in [1.165, 1.54) is 36.6 Å². The lowest BCUT2D eigenvalue weighted by Gasteiger charge is -2.18. The smallest absolute Gasteiger partial charge is 0.323 e. The van der Waals surface area contributed by atoms with Gasteiger partial charge in [-0.2, -0.15) is 10.4 Å². The molecule has 0 radical (unpaired) electrons. The minimum Gasteiger partial charge on any atom is -0.384 e. The SMILES string of the molecule is CO[C@H](C)c1c(NC(=O)Nc2cnc(-n3ncc(C(C)(C)O)n3)c(Cl)c2)cnc(C)c1C#N. The van der Waals surface area contributed by atoms with Gasteiger partial charge < -0.3 is 20.5 Å². The Morgan fingerprint density at radius 1 is 1.30 bits per heavy atom. The average molecular weight is 471 g/mol. The molecule has 33 heavy (non-hydrogen) atoms. The molecule has 0 aliphatic heterocycles. The maximum atomic E-state index is 12.6. The van der Waals surface area contributed by atoms with Crippen molar-refractivity contribution < 1.29 is 14.6 Å². The second-order valence-electron chi connectivity index (χ2n) is 7.72. The van der Waals surface area contributed by atoms with Crippen LogP contribution in [0.3, 0.4) is 0 Å². The number of carbonyl (C=O) groups is 1. The molecule has 0 aliphatic rings. The van der Waals surface area contributed by atoms with Crippen molar-refractivity contribution in [3.63, 3.8) is 0 Å². The van der Waals surface area contributed by atoms with Crippen molar-refractivity contribution in [1.29, 1.82) is 5.26 Å². The van der Waals surface area contributed by atoms with Gasteiger partial charge >= 0.3 is 6.03 Å². The number of hydrogen-bond acceptors (Lipinski definition) is 8. The van der Waals surface area contributed by atoms with Crippen molar-refractivity contribution in [2.75, 3.05) is 17.7 Å². The van der Waals surface area contributed by atoms with Crippen LogP contribution in [0, 0.1) is 18.3 Å². The Bertz CT molecular complexity index is 1230. The molecule has 172 valence electrons. The van der Waals surface area contributed by atoms with Gasteiger partial charge in [0.1, 0.15) is 17.4 Å². The number of pyridine rings is 2. The van der Waals surface area contributed by atoms with Crippen LogP contribution in [-0.4, -0.2) is 43.2 Å². The molecule has 0 unspecified atom stereocenters. The summed E-state index contributed by atoms with van der Waals surface area (Å²) in [5.41, 5.74) is 1.26. The number of halogens is 1. The Morgan fingerprint density at radius 3 is 2.61 bits per heavy atom. The van der Waals surface area contributed by atoms with Gasteiger partial charge in [0.2, 0.25) is 0 Å². The highest BCUT2D eigenvalue weighted by molar-refractivity contribution is 6.32.